The van der Waals surface area contributed by atoms with Crippen LogP contribution in [0, 0.1) is 11.8 Å². The van der Waals surface area contributed by atoms with Gasteiger partial charge in [0.05, 0.1) is 18.4 Å². The summed E-state index contributed by atoms with van der Waals surface area (Å²) in [5.41, 5.74) is 0.648. The highest BCUT2D eigenvalue weighted by molar-refractivity contribution is 7.19. The Morgan fingerprint density at radius 1 is 1.15 bits per heavy atom. The Hall–Kier alpha value is -2.68. The van der Waals surface area contributed by atoms with Crippen LogP contribution in [0.25, 0.3) is 0 Å². The van der Waals surface area contributed by atoms with Crippen LogP contribution in [0.4, 0.5) is 20.7 Å². The van der Waals surface area contributed by atoms with Crippen LogP contribution < -0.4 is 15.5 Å². The van der Waals surface area contributed by atoms with Gasteiger partial charge in [0.2, 0.25) is 10.3 Å². The van der Waals surface area contributed by atoms with Crippen molar-refractivity contribution in [2.45, 2.75) is 20.3 Å². The Kier molecular flexibility index (Phi) is 5.90. The van der Waals surface area contributed by atoms with Crippen molar-refractivity contribution in [1.82, 2.24) is 10.2 Å². The molecule has 27 heavy (non-hydrogen) atoms. The number of rotatable bonds is 4. The highest BCUT2D eigenvalue weighted by Gasteiger charge is 2.24. The molecular formula is C18H23N5O3S. The molecule has 2 amide bonds. The maximum absolute atomic E-state index is 12.3. The quantitative estimate of drug-likeness (QED) is 0.778. The van der Waals surface area contributed by atoms with Crippen molar-refractivity contribution < 1.29 is 14.3 Å². The number of amides is 2. The minimum atomic E-state index is -0.516. The molecule has 0 aliphatic carbocycles. The van der Waals surface area contributed by atoms with Crippen molar-refractivity contribution in [3.63, 3.8) is 0 Å². The summed E-state index contributed by atoms with van der Waals surface area (Å²) < 4.78 is 4.73. The molecule has 0 bridgehead atoms. The predicted octanol–water partition coefficient (Wildman–Crippen LogP) is 3.45. The van der Waals surface area contributed by atoms with Gasteiger partial charge in [-0.1, -0.05) is 37.3 Å². The first-order valence-corrected chi connectivity index (χ1v) is 9.61. The number of benzene rings is 1. The fraction of sp³-hybridized carbons (Fsp3) is 0.444. The van der Waals surface area contributed by atoms with E-state index < -0.39 is 12.0 Å². The topological polar surface area (TPSA) is 96.4 Å². The van der Waals surface area contributed by atoms with Gasteiger partial charge in [0.25, 0.3) is 0 Å². The summed E-state index contributed by atoms with van der Waals surface area (Å²) in [6, 6.07) is 6.16. The first kappa shape index (κ1) is 19.1. The first-order chi connectivity index (χ1) is 13.0. The molecule has 0 unspecified atom stereocenters. The van der Waals surface area contributed by atoms with E-state index in [0.717, 1.165) is 18.2 Å². The molecule has 1 aromatic heterocycles. The number of carbonyl (C=O) groups is 2. The number of aromatic nitrogens is 2. The van der Waals surface area contributed by atoms with Gasteiger partial charge in [0.15, 0.2) is 0 Å². The van der Waals surface area contributed by atoms with E-state index in [4.69, 9.17) is 4.74 Å². The second-order valence-electron chi connectivity index (χ2n) is 6.86. The SMILES string of the molecule is COC(=O)c1ccccc1NC(=O)Nc1nnc(N2C[C@H](C)C[C@@H](C)C2)s1. The molecule has 1 aliphatic rings. The van der Waals surface area contributed by atoms with Crippen LogP contribution in [0.2, 0.25) is 0 Å². The lowest BCUT2D eigenvalue weighted by Crippen LogP contribution is -2.38. The van der Waals surface area contributed by atoms with E-state index in [1.165, 1.54) is 24.9 Å². The Morgan fingerprint density at radius 3 is 2.56 bits per heavy atom. The molecule has 144 valence electrons. The zero-order valence-electron chi connectivity index (χ0n) is 15.6. The number of para-hydroxylation sites is 1. The van der Waals surface area contributed by atoms with Crippen molar-refractivity contribution >= 4 is 39.3 Å². The number of anilines is 3. The van der Waals surface area contributed by atoms with Crippen LogP contribution in [0.15, 0.2) is 24.3 Å². The number of urea groups is 1. The van der Waals surface area contributed by atoms with Crippen LogP contribution >= 0.6 is 11.3 Å². The van der Waals surface area contributed by atoms with Gasteiger partial charge in [-0.2, -0.15) is 0 Å². The van der Waals surface area contributed by atoms with E-state index >= 15 is 0 Å². The Bertz CT molecular complexity index is 815. The van der Waals surface area contributed by atoms with E-state index in [-0.39, 0.29) is 5.56 Å². The van der Waals surface area contributed by atoms with Gasteiger partial charge in [-0.05, 0) is 30.4 Å². The standard InChI is InChI=1S/C18H23N5O3S/c1-11-8-12(2)10-23(9-11)18-22-21-17(27-18)20-16(25)19-14-7-5-4-6-13(14)15(24)26-3/h4-7,11-12H,8-10H2,1-3H3,(H2,19,20,21,25)/t11-,12-/m1/s1. The average molecular weight is 389 g/mol. The van der Waals surface area contributed by atoms with E-state index in [2.05, 4.69) is 39.6 Å². The molecular weight excluding hydrogens is 366 g/mol. The molecule has 2 heterocycles. The molecule has 0 saturated carbocycles. The van der Waals surface area contributed by atoms with Gasteiger partial charge in [0, 0.05) is 13.1 Å². The van der Waals surface area contributed by atoms with Gasteiger partial charge in [-0.3, -0.25) is 5.32 Å². The zero-order valence-corrected chi connectivity index (χ0v) is 16.4. The highest BCUT2D eigenvalue weighted by Crippen LogP contribution is 2.30. The Balaban J connectivity index is 1.64. The highest BCUT2D eigenvalue weighted by atomic mass is 32.1. The average Bonchev–Trinajstić information content (AvgIpc) is 3.09. The molecule has 3 rings (SSSR count). The number of hydrogen-bond acceptors (Lipinski definition) is 7. The smallest absolute Gasteiger partial charge is 0.339 e. The zero-order chi connectivity index (χ0) is 19.4. The van der Waals surface area contributed by atoms with Gasteiger partial charge in [-0.25, -0.2) is 9.59 Å². The van der Waals surface area contributed by atoms with E-state index in [1.54, 1.807) is 24.3 Å². The molecule has 1 aliphatic heterocycles. The molecule has 8 nitrogen and oxygen atoms in total. The maximum Gasteiger partial charge on any atom is 0.339 e. The number of esters is 1. The van der Waals surface area contributed by atoms with E-state index in [1.807, 2.05) is 0 Å². The molecule has 1 saturated heterocycles. The Morgan fingerprint density at radius 2 is 1.85 bits per heavy atom. The summed E-state index contributed by atoms with van der Waals surface area (Å²) in [7, 11) is 1.30. The third-order valence-corrected chi connectivity index (χ3v) is 5.25. The monoisotopic (exact) mass is 389 g/mol. The number of nitrogens with zero attached hydrogens (tertiary/aromatic N) is 3. The third kappa shape index (κ3) is 4.73. The molecule has 2 N–H and O–H groups in total. The predicted molar refractivity (Wildman–Crippen MR) is 105 cm³/mol. The lowest BCUT2D eigenvalue weighted by Gasteiger charge is -2.34. The summed E-state index contributed by atoms with van der Waals surface area (Å²) in [6.45, 7) is 6.35. The number of hydrogen-bond donors (Lipinski definition) is 2. The Labute approximate surface area is 161 Å². The fourth-order valence-corrected chi connectivity index (χ4v) is 4.10. The van der Waals surface area contributed by atoms with Crippen LogP contribution in [-0.2, 0) is 4.74 Å². The minimum absolute atomic E-state index is 0.282. The van der Waals surface area contributed by atoms with E-state index in [9.17, 15) is 9.59 Å². The number of ether oxygens (including phenoxy) is 1. The molecule has 0 spiro atoms. The number of nitrogens with one attached hydrogen (secondary N) is 2. The van der Waals surface area contributed by atoms with Gasteiger partial charge in [0.1, 0.15) is 0 Å². The summed E-state index contributed by atoms with van der Waals surface area (Å²) in [6.07, 6.45) is 1.21. The summed E-state index contributed by atoms with van der Waals surface area (Å²) in [4.78, 5) is 26.3. The lowest BCUT2D eigenvalue weighted by atomic mass is 9.92. The molecule has 1 fully saturated rings. The summed E-state index contributed by atoms with van der Waals surface area (Å²) in [5.74, 6) is 0.691. The van der Waals surface area contributed by atoms with Crippen molar-refractivity contribution in [3.05, 3.63) is 29.8 Å². The van der Waals surface area contributed by atoms with Crippen LogP contribution in [0.1, 0.15) is 30.6 Å². The number of methoxy groups -OCH3 is 1. The normalized spacial score (nSPS) is 19.4. The fourth-order valence-electron chi connectivity index (χ4n) is 3.34. The third-order valence-electron chi connectivity index (χ3n) is 4.35. The summed E-state index contributed by atoms with van der Waals surface area (Å²) >= 11 is 1.34. The van der Waals surface area contributed by atoms with Gasteiger partial charge >= 0.3 is 12.0 Å². The van der Waals surface area contributed by atoms with Crippen LogP contribution in [0.5, 0.6) is 0 Å². The second kappa shape index (κ2) is 8.34. The molecule has 2 aromatic rings. The van der Waals surface area contributed by atoms with Crippen molar-refractivity contribution in [3.8, 4) is 0 Å². The van der Waals surface area contributed by atoms with Crippen molar-refractivity contribution in [2.24, 2.45) is 11.8 Å². The van der Waals surface area contributed by atoms with Crippen molar-refractivity contribution in [2.75, 3.05) is 35.7 Å². The van der Waals surface area contributed by atoms with Gasteiger partial charge < -0.3 is 15.0 Å². The molecule has 9 heteroatoms. The van der Waals surface area contributed by atoms with E-state index in [0.29, 0.717) is 22.7 Å². The largest absolute Gasteiger partial charge is 0.465 e. The summed E-state index contributed by atoms with van der Waals surface area (Å²) in [5, 5.41) is 14.8. The minimum Gasteiger partial charge on any atom is -0.465 e. The van der Waals surface area contributed by atoms with Crippen LogP contribution in [-0.4, -0.2) is 42.4 Å². The second-order valence-corrected chi connectivity index (χ2v) is 7.81. The van der Waals surface area contributed by atoms with Crippen LogP contribution in [0.3, 0.4) is 0 Å². The van der Waals surface area contributed by atoms with Crippen molar-refractivity contribution in [1.29, 1.82) is 0 Å². The number of piperidine rings is 1. The molecule has 0 radical (unpaired) electrons. The lowest BCUT2D eigenvalue weighted by molar-refractivity contribution is 0.0602. The molecule has 2 atom stereocenters. The van der Waals surface area contributed by atoms with Gasteiger partial charge in [-0.15, -0.1) is 10.2 Å². The first-order valence-electron chi connectivity index (χ1n) is 8.80. The maximum atomic E-state index is 12.3. The molecule has 1 aromatic carbocycles. The number of carbonyl (C=O) groups excluding carboxylic acids is 2.